The van der Waals surface area contributed by atoms with Crippen molar-refractivity contribution in [2.75, 3.05) is 13.7 Å². The van der Waals surface area contributed by atoms with Gasteiger partial charge in [0.05, 0.1) is 6.61 Å². The Morgan fingerprint density at radius 3 is 2.22 bits per heavy atom. The van der Waals surface area contributed by atoms with Gasteiger partial charge in [-0.05, 0) is 23.5 Å². The van der Waals surface area contributed by atoms with Crippen molar-refractivity contribution in [3.8, 4) is 13.1 Å². The van der Waals surface area contributed by atoms with Crippen LogP contribution in [0.4, 0.5) is 0 Å². The fourth-order valence-corrected chi connectivity index (χ4v) is 2.53. The fraction of sp³-hybridized carbons (Fsp3) is 0.818. The second-order valence-electron chi connectivity index (χ2n) is 4.63. The number of methoxy groups -OCH3 is 1. The number of rotatable bonds is 2. The van der Waals surface area contributed by atoms with E-state index in [-0.39, 0.29) is 0 Å². The minimum Gasteiger partial charge on any atom is -0.393 e. The summed E-state index contributed by atoms with van der Waals surface area (Å²) in [7, 11) is 1.40. The number of aliphatic hydroxyl groups excluding tert-OH is 1. The first-order valence-corrected chi connectivity index (χ1v) is 5.45. The van der Waals surface area contributed by atoms with Gasteiger partial charge in [-0.15, -0.1) is 0 Å². The molecule has 0 radical (unpaired) electrons. The van der Waals surface area contributed by atoms with Crippen molar-refractivity contribution in [1.29, 1.82) is 0 Å². The monoisotopic (exact) mass is 256 g/mol. The van der Waals surface area contributed by atoms with Gasteiger partial charge in [0.25, 0.3) is 19.4 Å². The normalized spacial score (nSPS) is 45.2. The number of hydrogen-bond donors (Lipinski definition) is 1. The Labute approximate surface area is 105 Å². The van der Waals surface area contributed by atoms with Gasteiger partial charge in [-0.2, -0.15) is 0 Å². The van der Waals surface area contributed by atoms with Crippen molar-refractivity contribution >= 4 is 0 Å². The number of ether oxygens (including phenoxy) is 4. The second-order valence-corrected chi connectivity index (χ2v) is 4.63. The molecule has 0 aromatic carbocycles. The molecular formula is C11H16N2O5+2. The van der Waals surface area contributed by atoms with E-state index in [4.69, 9.17) is 32.1 Å². The highest BCUT2D eigenvalue weighted by molar-refractivity contribution is 5.26. The van der Waals surface area contributed by atoms with E-state index in [0.717, 1.165) is 0 Å². The lowest BCUT2D eigenvalue weighted by Gasteiger charge is -2.19. The third kappa shape index (κ3) is 1.34. The number of nitrogens with zero attached hydrogens (tertiary/aromatic N) is 2. The van der Waals surface area contributed by atoms with E-state index in [9.17, 15) is 5.11 Å². The Kier molecular flexibility index (Phi) is 2.85. The second kappa shape index (κ2) is 3.89. The van der Waals surface area contributed by atoms with Gasteiger partial charge in [-0.1, -0.05) is 0 Å². The minimum atomic E-state index is -1.55. The number of aliphatic hydroxyl groups is 1. The summed E-state index contributed by atoms with van der Waals surface area (Å²) >= 11 is 0. The predicted octanol–water partition coefficient (Wildman–Crippen LogP) is 0.451. The van der Waals surface area contributed by atoms with Crippen LogP contribution in [0.2, 0.25) is 0 Å². The van der Waals surface area contributed by atoms with E-state index in [1.165, 1.54) is 7.11 Å². The summed E-state index contributed by atoms with van der Waals surface area (Å²) in [6.07, 6.45) is -1.87. The highest BCUT2D eigenvalue weighted by Gasteiger charge is 2.94. The Morgan fingerprint density at radius 1 is 1.22 bits per heavy atom. The Bertz CT molecular complexity index is 402. The molecule has 0 bridgehead atoms. The number of hydrogen-bond acceptors (Lipinski definition) is 5. The van der Waals surface area contributed by atoms with Gasteiger partial charge in [-0.3, -0.25) is 9.47 Å². The molecule has 2 saturated heterocycles. The van der Waals surface area contributed by atoms with Crippen LogP contribution in [0.5, 0.6) is 0 Å². The van der Waals surface area contributed by atoms with Gasteiger partial charge >= 0.3 is 11.4 Å². The molecule has 0 saturated carbocycles. The maximum Gasteiger partial charge on any atom is 0.548 e. The Balaban J connectivity index is 2.59. The minimum absolute atomic E-state index is 0.392. The highest BCUT2D eigenvalue weighted by atomic mass is 16.8. The summed E-state index contributed by atoms with van der Waals surface area (Å²) in [6.45, 7) is 13.8. The van der Waals surface area contributed by atoms with Crippen molar-refractivity contribution in [2.24, 2.45) is 0 Å². The molecule has 4 atom stereocenters. The standard InChI is InChI=1S/C11H16N2O5/c1-9(2)17-10(12-3)7(6-14)16-8(15-5)11(10,13-4)18-9/h3-4,7-8,14H,6H2,1-2,5H3/q+2. The molecule has 7 nitrogen and oxygen atoms in total. The molecular weight excluding hydrogens is 240 g/mol. The first-order chi connectivity index (χ1) is 8.41. The molecule has 2 aliphatic heterocycles. The molecule has 2 aliphatic rings. The fourth-order valence-electron chi connectivity index (χ4n) is 2.53. The molecule has 0 aromatic rings. The van der Waals surface area contributed by atoms with Crippen LogP contribution in [0, 0.1) is 13.1 Å². The van der Waals surface area contributed by atoms with Crippen LogP contribution in [0.25, 0.3) is 9.69 Å². The average molecular weight is 256 g/mol. The lowest BCUT2D eigenvalue weighted by Crippen LogP contribution is -2.53. The summed E-state index contributed by atoms with van der Waals surface area (Å²) in [5, 5.41) is 9.39. The van der Waals surface area contributed by atoms with E-state index in [0.29, 0.717) is 0 Å². The van der Waals surface area contributed by atoms with E-state index in [2.05, 4.69) is 9.69 Å². The molecule has 2 rings (SSSR count). The van der Waals surface area contributed by atoms with E-state index in [1.54, 1.807) is 13.8 Å². The zero-order chi connectivity index (χ0) is 13.6. The van der Waals surface area contributed by atoms with Crippen LogP contribution in [-0.4, -0.2) is 48.5 Å². The van der Waals surface area contributed by atoms with Gasteiger partial charge in [0, 0.05) is 7.11 Å². The van der Waals surface area contributed by atoms with Crippen molar-refractivity contribution < 1.29 is 24.1 Å². The molecule has 0 aromatic heterocycles. The topological polar surface area (TPSA) is 65.9 Å². The molecule has 0 aliphatic carbocycles. The van der Waals surface area contributed by atoms with Gasteiger partial charge < -0.3 is 14.6 Å². The zero-order valence-electron chi connectivity index (χ0n) is 10.5. The average Bonchev–Trinajstić information content (AvgIpc) is 2.72. The third-order valence-corrected chi connectivity index (χ3v) is 3.12. The van der Waals surface area contributed by atoms with Gasteiger partial charge in [0.15, 0.2) is 5.79 Å². The van der Waals surface area contributed by atoms with Crippen molar-refractivity contribution in [3.05, 3.63) is 9.69 Å². The lowest BCUT2D eigenvalue weighted by atomic mass is 9.98. The maximum atomic E-state index is 9.39. The van der Waals surface area contributed by atoms with Crippen LogP contribution in [0.15, 0.2) is 0 Å². The summed E-state index contributed by atoms with van der Waals surface area (Å²) in [5.74, 6) is -1.04. The first kappa shape index (κ1) is 13.2. The Morgan fingerprint density at radius 2 is 1.78 bits per heavy atom. The molecule has 2 fully saturated rings. The molecule has 4 unspecified atom stereocenters. The molecule has 1 N–H and O–H groups in total. The third-order valence-electron chi connectivity index (χ3n) is 3.12. The molecule has 0 spiro atoms. The van der Waals surface area contributed by atoms with Crippen LogP contribution in [-0.2, 0) is 18.9 Å². The summed E-state index contributed by atoms with van der Waals surface area (Å²) < 4.78 is 22.0. The first-order valence-electron chi connectivity index (χ1n) is 5.45. The summed E-state index contributed by atoms with van der Waals surface area (Å²) in [5.41, 5.74) is -3.09. The quantitative estimate of drug-likeness (QED) is 0.777. The van der Waals surface area contributed by atoms with Crippen molar-refractivity contribution in [1.82, 2.24) is 0 Å². The highest BCUT2D eigenvalue weighted by Crippen LogP contribution is 2.55. The Hall–Kier alpha value is -1.22. The van der Waals surface area contributed by atoms with Crippen LogP contribution in [0.3, 0.4) is 0 Å². The van der Waals surface area contributed by atoms with E-state index >= 15 is 0 Å². The molecule has 7 heteroatoms. The SMILES string of the molecule is C#[N+]C12OC(C)(C)OC1([N+]#C)C(OC)OC2CO. The molecule has 18 heavy (non-hydrogen) atoms. The predicted molar refractivity (Wildman–Crippen MR) is 61.1 cm³/mol. The molecule has 98 valence electrons. The van der Waals surface area contributed by atoms with Crippen LogP contribution >= 0.6 is 0 Å². The molecule has 2 heterocycles. The number of fused-ring (bicyclic) bond motifs is 1. The largest absolute Gasteiger partial charge is 0.548 e. The maximum absolute atomic E-state index is 9.39. The lowest BCUT2D eigenvalue weighted by molar-refractivity contribution is -0.248. The smallest absolute Gasteiger partial charge is 0.393 e. The van der Waals surface area contributed by atoms with Crippen molar-refractivity contribution in [2.45, 2.75) is 43.5 Å². The van der Waals surface area contributed by atoms with Crippen LogP contribution < -0.4 is 0 Å². The van der Waals surface area contributed by atoms with Crippen LogP contribution in [0.1, 0.15) is 13.8 Å². The van der Waals surface area contributed by atoms with Gasteiger partial charge in [-0.25, -0.2) is 0 Å². The van der Waals surface area contributed by atoms with Gasteiger partial charge in [0.1, 0.15) is 0 Å². The van der Waals surface area contributed by atoms with Gasteiger partial charge in [0.2, 0.25) is 6.10 Å². The summed E-state index contributed by atoms with van der Waals surface area (Å²) in [6, 6.07) is 0. The van der Waals surface area contributed by atoms with E-state index in [1.807, 2.05) is 0 Å². The van der Waals surface area contributed by atoms with Crippen molar-refractivity contribution in [3.63, 3.8) is 0 Å². The van der Waals surface area contributed by atoms with E-state index < -0.39 is 36.2 Å². The zero-order valence-corrected chi connectivity index (χ0v) is 10.5. The molecule has 0 amide bonds. The summed E-state index contributed by atoms with van der Waals surface area (Å²) in [4.78, 5) is 7.37.